The van der Waals surface area contributed by atoms with Crippen molar-refractivity contribution < 1.29 is 4.79 Å². The zero-order valence-electron chi connectivity index (χ0n) is 15.2. The number of piperidine rings is 1. The van der Waals surface area contributed by atoms with Gasteiger partial charge < -0.3 is 9.80 Å². The van der Waals surface area contributed by atoms with Gasteiger partial charge in [-0.2, -0.15) is 5.10 Å². The molecule has 1 aliphatic carbocycles. The van der Waals surface area contributed by atoms with Gasteiger partial charge in [0.15, 0.2) is 0 Å². The van der Waals surface area contributed by atoms with Gasteiger partial charge >= 0.3 is 0 Å². The van der Waals surface area contributed by atoms with Gasteiger partial charge in [0.1, 0.15) is 0 Å². The lowest BCUT2D eigenvalue weighted by Crippen LogP contribution is -2.62. The molecule has 0 unspecified atom stereocenters. The molecular formula is C21H26N4O. The largest absolute Gasteiger partial charge is 0.371 e. The first-order valence-corrected chi connectivity index (χ1v) is 9.85. The number of nitrogens with one attached hydrogen (secondary N) is 1. The van der Waals surface area contributed by atoms with Crippen LogP contribution in [0.2, 0.25) is 0 Å². The first-order chi connectivity index (χ1) is 12.7. The van der Waals surface area contributed by atoms with Crippen LogP contribution in [-0.4, -0.2) is 47.2 Å². The van der Waals surface area contributed by atoms with Gasteiger partial charge in [-0.15, -0.1) is 0 Å². The summed E-state index contributed by atoms with van der Waals surface area (Å²) in [5.74, 6) is 0.645. The Labute approximate surface area is 154 Å². The fourth-order valence-corrected chi connectivity index (χ4v) is 4.83. The molecule has 5 heteroatoms. The molecule has 136 valence electrons. The zero-order chi connectivity index (χ0) is 17.6. The third-order valence-electron chi connectivity index (χ3n) is 6.69. The summed E-state index contributed by atoms with van der Waals surface area (Å²) in [6, 6.07) is 8.66. The quantitative estimate of drug-likeness (QED) is 0.924. The van der Waals surface area contributed by atoms with Crippen LogP contribution in [0.5, 0.6) is 0 Å². The van der Waals surface area contributed by atoms with Crippen molar-refractivity contribution in [1.82, 2.24) is 15.1 Å². The molecule has 0 atom stereocenters. The molecule has 0 radical (unpaired) electrons. The Morgan fingerprint density at radius 2 is 1.81 bits per heavy atom. The number of hydrogen-bond acceptors (Lipinski definition) is 3. The van der Waals surface area contributed by atoms with Crippen molar-refractivity contribution in [3.8, 4) is 11.1 Å². The van der Waals surface area contributed by atoms with Crippen LogP contribution in [0.25, 0.3) is 11.1 Å². The Bertz CT molecular complexity index is 763. The van der Waals surface area contributed by atoms with Crippen molar-refractivity contribution in [1.29, 1.82) is 0 Å². The highest BCUT2D eigenvalue weighted by Crippen LogP contribution is 2.48. The summed E-state index contributed by atoms with van der Waals surface area (Å²) in [6.07, 6.45) is 9.75. The van der Waals surface area contributed by atoms with E-state index in [-0.39, 0.29) is 5.92 Å². The number of aromatic amines is 1. The van der Waals surface area contributed by atoms with Gasteiger partial charge in [0.25, 0.3) is 0 Å². The van der Waals surface area contributed by atoms with Crippen LogP contribution >= 0.6 is 0 Å². The number of rotatable bonds is 3. The molecular weight excluding hydrogens is 324 g/mol. The Balaban J connectivity index is 1.16. The molecule has 2 aliphatic heterocycles. The molecule has 1 aromatic heterocycles. The van der Waals surface area contributed by atoms with Crippen molar-refractivity contribution in [2.45, 2.75) is 32.1 Å². The van der Waals surface area contributed by atoms with E-state index < -0.39 is 0 Å². The first kappa shape index (κ1) is 15.9. The molecule has 3 fully saturated rings. The number of benzene rings is 1. The smallest absolute Gasteiger partial charge is 0.225 e. The minimum atomic E-state index is 0.230. The second-order valence-electron chi connectivity index (χ2n) is 8.34. The van der Waals surface area contributed by atoms with Gasteiger partial charge in [0.05, 0.1) is 6.20 Å². The predicted octanol–water partition coefficient (Wildman–Crippen LogP) is 3.31. The maximum absolute atomic E-state index is 12.7. The minimum Gasteiger partial charge on any atom is -0.371 e. The van der Waals surface area contributed by atoms with Crippen LogP contribution < -0.4 is 4.90 Å². The average Bonchev–Trinajstić information content (AvgIpc) is 3.14. The number of anilines is 1. The van der Waals surface area contributed by atoms with E-state index in [9.17, 15) is 4.79 Å². The molecule has 1 N–H and O–H groups in total. The van der Waals surface area contributed by atoms with Gasteiger partial charge in [0.2, 0.25) is 5.91 Å². The highest BCUT2D eigenvalue weighted by molar-refractivity contribution is 5.80. The number of H-pyrrole nitrogens is 1. The van der Waals surface area contributed by atoms with E-state index >= 15 is 0 Å². The Hall–Kier alpha value is -2.30. The Kier molecular flexibility index (Phi) is 3.76. The van der Waals surface area contributed by atoms with Gasteiger partial charge in [0, 0.05) is 55.0 Å². The lowest BCUT2D eigenvalue weighted by atomic mass is 9.63. The van der Waals surface area contributed by atoms with Crippen LogP contribution in [0.1, 0.15) is 32.1 Å². The van der Waals surface area contributed by atoms with E-state index in [0.29, 0.717) is 11.3 Å². The number of carbonyl (C=O) groups excluding carboxylic acids is 1. The Morgan fingerprint density at radius 3 is 2.38 bits per heavy atom. The topological polar surface area (TPSA) is 52.2 Å². The normalized spacial score (nSPS) is 22.2. The Morgan fingerprint density at radius 1 is 1.08 bits per heavy atom. The lowest BCUT2D eigenvalue weighted by molar-refractivity contribution is -0.154. The van der Waals surface area contributed by atoms with E-state index in [1.165, 1.54) is 30.5 Å². The number of hydrogen-bond donors (Lipinski definition) is 1. The first-order valence-electron chi connectivity index (χ1n) is 9.85. The summed E-state index contributed by atoms with van der Waals surface area (Å²) in [5, 5.41) is 6.86. The van der Waals surface area contributed by atoms with E-state index in [1.807, 2.05) is 12.4 Å². The van der Waals surface area contributed by atoms with E-state index in [2.05, 4.69) is 44.3 Å². The van der Waals surface area contributed by atoms with Gasteiger partial charge in [-0.05, 0) is 43.4 Å². The number of likely N-dealkylation sites (tertiary alicyclic amines) is 1. The molecule has 1 spiro atoms. The predicted molar refractivity (Wildman–Crippen MR) is 102 cm³/mol. The summed E-state index contributed by atoms with van der Waals surface area (Å²) in [6.45, 7) is 4.00. The lowest BCUT2D eigenvalue weighted by Gasteiger charge is -2.56. The SMILES string of the molecule is O=C(C1CCN(c2ccc(-c3cn[nH]c3)cc2)CC1)N1CC2(CCC2)C1. The van der Waals surface area contributed by atoms with Gasteiger partial charge in [-0.3, -0.25) is 9.89 Å². The van der Waals surface area contributed by atoms with Gasteiger partial charge in [-0.1, -0.05) is 18.6 Å². The average molecular weight is 350 g/mol. The maximum Gasteiger partial charge on any atom is 0.225 e. The number of carbonyl (C=O) groups is 1. The summed E-state index contributed by atoms with van der Waals surface area (Å²) < 4.78 is 0. The van der Waals surface area contributed by atoms with Crippen molar-refractivity contribution in [2.24, 2.45) is 11.3 Å². The van der Waals surface area contributed by atoms with E-state index in [1.54, 1.807) is 0 Å². The molecule has 2 saturated heterocycles. The molecule has 1 amide bonds. The van der Waals surface area contributed by atoms with Crippen molar-refractivity contribution in [2.75, 3.05) is 31.1 Å². The van der Waals surface area contributed by atoms with Crippen LogP contribution in [0.15, 0.2) is 36.7 Å². The molecule has 0 bridgehead atoms. The molecule has 26 heavy (non-hydrogen) atoms. The van der Waals surface area contributed by atoms with Gasteiger partial charge in [-0.25, -0.2) is 0 Å². The summed E-state index contributed by atoms with van der Waals surface area (Å²) in [5.41, 5.74) is 4.07. The standard InChI is InChI=1S/C21H26N4O/c26-20(25-14-21(15-25)8-1-9-21)17-6-10-24(11-7-17)19-4-2-16(3-5-19)18-12-22-23-13-18/h2-5,12-13,17H,1,6-11,14-15H2,(H,22,23). The molecule has 2 aromatic rings. The van der Waals surface area contributed by atoms with Crippen LogP contribution in [0.3, 0.4) is 0 Å². The molecule has 5 rings (SSSR count). The second kappa shape index (κ2) is 6.15. The molecule has 1 saturated carbocycles. The number of aromatic nitrogens is 2. The van der Waals surface area contributed by atoms with E-state index in [4.69, 9.17) is 0 Å². The van der Waals surface area contributed by atoms with Crippen LogP contribution in [-0.2, 0) is 4.79 Å². The van der Waals surface area contributed by atoms with Crippen LogP contribution in [0.4, 0.5) is 5.69 Å². The molecule has 3 aliphatic rings. The summed E-state index contributed by atoms with van der Waals surface area (Å²) in [4.78, 5) is 17.3. The summed E-state index contributed by atoms with van der Waals surface area (Å²) in [7, 11) is 0. The van der Waals surface area contributed by atoms with Crippen molar-refractivity contribution >= 4 is 11.6 Å². The second-order valence-corrected chi connectivity index (χ2v) is 8.34. The highest BCUT2D eigenvalue weighted by atomic mass is 16.2. The minimum absolute atomic E-state index is 0.230. The molecule has 1 aromatic carbocycles. The van der Waals surface area contributed by atoms with Crippen molar-refractivity contribution in [3.05, 3.63) is 36.7 Å². The third-order valence-corrected chi connectivity index (χ3v) is 6.69. The van der Waals surface area contributed by atoms with E-state index in [0.717, 1.165) is 44.6 Å². The molecule has 3 heterocycles. The molecule has 5 nitrogen and oxygen atoms in total. The maximum atomic E-state index is 12.7. The zero-order valence-corrected chi connectivity index (χ0v) is 15.2. The monoisotopic (exact) mass is 350 g/mol. The fourth-order valence-electron chi connectivity index (χ4n) is 4.83. The summed E-state index contributed by atoms with van der Waals surface area (Å²) >= 11 is 0. The third kappa shape index (κ3) is 2.70. The fraction of sp³-hybridized carbons (Fsp3) is 0.524. The number of amides is 1. The van der Waals surface area contributed by atoms with Crippen molar-refractivity contribution in [3.63, 3.8) is 0 Å². The number of nitrogens with zero attached hydrogens (tertiary/aromatic N) is 3. The highest BCUT2D eigenvalue weighted by Gasteiger charge is 2.49. The van der Waals surface area contributed by atoms with Crippen LogP contribution in [0, 0.1) is 11.3 Å².